The van der Waals surface area contributed by atoms with Crippen LogP contribution in [0.5, 0.6) is 5.75 Å². The van der Waals surface area contributed by atoms with Gasteiger partial charge in [0, 0.05) is 23.2 Å². The van der Waals surface area contributed by atoms with Crippen molar-refractivity contribution >= 4 is 6.29 Å². The molecule has 5 nitrogen and oxygen atoms in total. The molecule has 144 valence electrons. The van der Waals surface area contributed by atoms with Crippen molar-refractivity contribution in [3.05, 3.63) is 90.0 Å². The highest BCUT2D eigenvalue weighted by atomic mass is 16.5. The van der Waals surface area contributed by atoms with Gasteiger partial charge in [0.2, 0.25) is 0 Å². The summed E-state index contributed by atoms with van der Waals surface area (Å²) in [6.45, 7) is 0.700. The normalized spacial score (nSPS) is 10.7. The van der Waals surface area contributed by atoms with Gasteiger partial charge in [0.25, 0.3) is 0 Å². The molecule has 0 N–H and O–H groups in total. The van der Waals surface area contributed by atoms with E-state index in [-0.39, 0.29) is 0 Å². The quantitative estimate of drug-likeness (QED) is 0.435. The van der Waals surface area contributed by atoms with Crippen LogP contribution in [0, 0.1) is 0 Å². The van der Waals surface area contributed by atoms with Crippen LogP contribution < -0.4 is 4.74 Å². The SMILES string of the molecule is COc1ccc(-c2nc(-c3cccc(C=O)c3)nn2CCc2ccccc2)cc1. The molecule has 1 heterocycles. The number of carbonyl (C=O) groups is 1. The maximum Gasteiger partial charge on any atom is 0.181 e. The highest BCUT2D eigenvalue weighted by molar-refractivity contribution is 5.77. The van der Waals surface area contributed by atoms with Crippen LogP contribution in [0.3, 0.4) is 0 Å². The maximum atomic E-state index is 11.1. The van der Waals surface area contributed by atoms with Crippen molar-refractivity contribution in [2.24, 2.45) is 0 Å². The standard InChI is InChI=1S/C24H21N3O2/c1-29-22-12-10-20(11-13-22)24-25-23(21-9-5-8-19(16-21)17-28)26-27(24)15-14-18-6-3-2-4-7-18/h2-13,16-17H,14-15H2,1H3. The molecule has 3 aromatic carbocycles. The van der Waals surface area contributed by atoms with E-state index in [2.05, 4.69) is 12.1 Å². The van der Waals surface area contributed by atoms with Crippen molar-refractivity contribution in [2.45, 2.75) is 13.0 Å². The number of aldehydes is 1. The van der Waals surface area contributed by atoms with Gasteiger partial charge in [-0.05, 0) is 42.3 Å². The van der Waals surface area contributed by atoms with E-state index < -0.39 is 0 Å². The summed E-state index contributed by atoms with van der Waals surface area (Å²) in [5.41, 5.74) is 3.63. The van der Waals surface area contributed by atoms with Crippen LogP contribution in [0.15, 0.2) is 78.9 Å². The molecule has 0 saturated heterocycles. The lowest BCUT2D eigenvalue weighted by Crippen LogP contribution is -2.05. The largest absolute Gasteiger partial charge is 0.497 e. The molecule has 0 saturated carbocycles. The molecule has 0 fully saturated rings. The number of aryl methyl sites for hydroxylation is 2. The lowest BCUT2D eigenvalue weighted by Gasteiger charge is -2.07. The lowest BCUT2D eigenvalue weighted by atomic mass is 10.1. The van der Waals surface area contributed by atoms with Gasteiger partial charge in [-0.2, -0.15) is 5.10 Å². The Morgan fingerprint density at radius 1 is 0.931 bits per heavy atom. The third-order valence-electron chi connectivity index (χ3n) is 4.76. The van der Waals surface area contributed by atoms with Crippen LogP contribution in [-0.4, -0.2) is 28.2 Å². The van der Waals surface area contributed by atoms with Crippen molar-refractivity contribution < 1.29 is 9.53 Å². The second kappa shape index (κ2) is 8.52. The third kappa shape index (κ3) is 4.24. The van der Waals surface area contributed by atoms with Crippen LogP contribution in [0.2, 0.25) is 0 Å². The molecule has 4 aromatic rings. The van der Waals surface area contributed by atoms with E-state index in [1.54, 1.807) is 13.2 Å². The Balaban J connectivity index is 1.71. The second-order valence-electron chi connectivity index (χ2n) is 6.69. The van der Waals surface area contributed by atoms with Crippen LogP contribution in [0.1, 0.15) is 15.9 Å². The minimum absolute atomic E-state index is 0.604. The predicted molar refractivity (Wildman–Crippen MR) is 113 cm³/mol. The molecule has 5 heteroatoms. The minimum Gasteiger partial charge on any atom is -0.497 e. The Morgan fingerprint density at radius 2 is 1.72 bits per heavy atom. The Morgan fingerprint density at radius 3 is 2.45 bits per heavy atom. The number of aromatic nitrogens is 3. The molecule has 29 heavy (non-hydrogen) atoms. The predicted octanol–water partition coefficient (Wildman–Crippen LogP) is 4.68. The second-order valence-corrected chi connectivity index (χ2v) is 6.69. The van der Waals surface area contributed by atoms with E-state index in [1.807, 2.05) is 65.3 Å². The van der Waals surface area contributed by atoms with Crippen molar-refractivity contribution in [1.82, 2.24) is 14.8 Å². The minimum atomic E-state index is 0.604. The molecule has 0 bridgehead atoms. The van der Waals surface area contributed by atoms with E-state index in [9.17, 15) is 4.79 Å². The number of hydrogen-bond donors (Lipinski definition) is 0. The average Bonchev–Trinajstić information content (AvgIpc) is 3.23. The fourth-order valence-corrected chi connectivity index (χ4v) is 3.20. The molecule has 0 unspecified atom stereocenters. The summed E-state index contributed by atoms with van der Waals surface area (Å²) in [4.78, 5) is 15.9. The first-order valence-electron chi connectivity index (χ1n) is 9.45. The van der Waals surface area contributed by atoms with Gasteiger partial charge in [0.15, 0.2) is 11.6 Å². The molecular weight excluding hydrogens is 362 g/mol. The maximum absolute atomic E-state index is 11.1. The molecule has 0 atom stereocenters. The number of ether oxygens (including phenoxy) is 1. The molecule has 0 aliphatic carbocycles. The smallest absolute Gasteiger partial charge is 0.181 e. The average molecular weight is 383 g/mol. The zero-order valence-corrected chi connectivity index (χ0v) is 16.2. The fourth-order valence-electron chi connectivity index (χ4n) is 3.20. The Kier molecular flexibility index (Phi) is 5.47. The summed E-state index contributed by atoms with van der Waals surface area (Å²) in [5.74, 6) is 2.19. The van der Waals surface area contributed by atoms with Crippen LogP contribution in [0.25, 0.3) is 22.8 Å². The first-order valence-corrected chi connectivity index (χ1v) is 9.45. The number of hydrogen-bond acceptors (Lipinski definition) is 4. The van der Waals surface area contributed by atoms with Crippen molar-refractivity contribution in [2.75, 3.05) is 7.11 Å². The zero-order valence-electron chi connectivity index (χ0n) is 16.2. The van der Waals surface area contributed by atoms with Crippen molar-refractivity contribution in [1.29, 1.82) is 0 Å². The summed E-state index contributed by atoms with van der Waals surface area (Å²) in [6, 6.07) is 25.4. The van der Waals surface area contributed by atoms with Crippen LogP contribution >= 0.6 is 0 Å². The number of benzene rings is 3. The number of carbonyl (C=O) groups excluding carboxylic acids is 1. The van der Waals surface area contributed by atoms with Crippen molar-refractivity contribution in [3.63, 3.8) is 0 Å². The highest BCUT2D eigenvalue weighted by Crippen LogP contribution is 2.25. The Hall–Kier alpha value is -3.73. The summed E-state index contributed by atoms with van der Waals surface area (Å²) in [6.07, 6.45) is 1.68. The molecule has 0 radical (unpaired) electrons. The fraction of sp³-hybridized carbons (Fsp3) is 0.125. The molecule has 0 aliphatic rings. The highest BCUT2D eigenvalue weighted by Gasteiger charge is 2.14. The summed E-state index contributed by atoms with van der Waals surface area (Å²) < 4.78 is 7.19. The van der Waals surface area contributed by atoms with Crippen molar-refractivity contribution in [3.8, 4) is 28.5 Å². The molecule has 0 spiro atoms. The van der Waals surface area contributed by atoms with E-state index in [1.165, 1.54) is 5.56 Å². The molecule has 1 aromatic heterocycles. The number of methoxy groups -OCH3 is 1. The van der Waals surface area contributed by atoms with Gasteiger partial charge in [-0.25, -0.2) is 9.67 Å². The molecule has 0 aliphatic heterocycles. The summed E-state index contributed by atoms with van der Waals surface area (Å²) in [5, 5.41) is 4.75. The number of rotatable bonds is 7. The zero-order chi connectivity index (χ0) is 20.1. The Labute approximate surface area is 169 Å². The van der Waals surface area contributed by atoms with E-state index >= 15 is 0 Å². The van der Waals surface area contributed by atoms with Gasteiger partial charge in [-0.1, -0.05) is 48.5 Å². The number of nitrogens with zero attached hydrogens (tertiary/aromatic N) is 3. The molecular formula is C24H21N3O2. The third-order valence-corrected chi connectivity index (χ3v) is 4.76. The van der Waals surface area contributed by atoms with Gasteiger partial charge in [0.1, 0.15) is 12.0 Å². The Bertz CT molecular complexity index is 1100. The monoisotopic (exact) mass is 383 g/mol. The van der Waals surface area contributed by atoms with Gasteiger partial charge in [0.05, 0.1) is 7.11 Å². The summed E-state index contributed by atoms with van der Waals surface area (Å²) >= 11 is 0. The molecule has 4 rings (SSSR count). The lowest BCUT2D eigenvalue weighted by molar-refractivity contribution is 0.112. The first kappa shape index (κ1) is 18.6. The van der Waals surface area contributed by atoms with E-state index in [4.69, 9.17) is 14.8 Å². The van der Waals surface area contributed by atoms with E-state index in [0.29, 0.717) is 17.9 Å². The van der Waals surface area contributed by atoms with E-state index in [0.717, 1.165) is 35.4 Å². The van der Waals surface area contributed by atoms with Gasteiger partial charge in [-0.3, -0.25) is 4.79 Å². The molecule has 0 amide bonds. The summed E-state index contributed by atoms with van der Waals surface area (Å²) in [7, 11) is 1.65. The van der Waals surface area contributed by atoms with Gasteiger partial charge >= 0.3 is 0 Å². The topological polar surface area (TPSA) is 57.0 Å². The van der Waals surface area contributed by atoms with Gasteiger partial charge in [-0.15, -0.1) is 0 Å². The van der Waals surface area contributed by atoms with Crippen LogP contribution in [-0.2, 0) is 13.0 Å². The first-order chi connectivity index (χ1) is 14.3. The van der Waals surface area contributed by atoms with Crippen LogP contribution in [0.4, 0.5) is 0 Å². The van der Waals surface area contributed by atoms with Gasteiger partial charge < -0.3 is 4.74 Å².